The van der Waals surface area contributed by atoms with Gasteiger partial charge in [0.05, 0.1) is 5.56 Å². The fourth-order valence-corrected chi connectivity index (χ4v) is 2.00. The molecule has 1 heterocycles. The molecule has 0 aliphatic heterocycles. The Labute approximate surface area is 130 Å². The number of aryl methyl sites for hydroxylation is 1. The van der Waals surface area contributed by atoms with Crippen molar-refractivity contribution in [2.45, 2.75) is 19.0 Å². The van der Waals surface area contributed by atoms with Crippen molar-refractivity contribution in [3.8, 4) is 17.4 Å². The zero-order valence-corrected chi connectivity index (χ0v) is 12.1. The summed E-state index contributed by atoms with van der Waals surface area (Å²) in [7, 11) is 0. The molecule has 0 spiro atoms. The molecule has 2 aromatic rings. The van der Waals surface area contributed by atoms with E-state index >= 15 is 0 Å². The molecule has 0 unspecified atom stereocenters. The van der Waals surface area contributed by atoms with Crippen molar-refractivity contribution < 1.29 is 23.0 Å². The van der Waals surface area contributed by atoms with Gasteiger partial charge in [0, 0.05) is 12.3 Å². The lowest BCUT2D eigenvalue weighted by atomic mass is 10.1. The topological polar surface area (TPSA) is 42.4 Å². The first-order valence-corrected chi connectivity index (χ1v) is 6.71. The molecule has 1 radical (unpaired) electrons. The lowest BCUT2D eigenvalue weighted by molar-refractivity contribution is -0.137. The molecule has 2 rings (SSSR count). The Hall–Kier alpha value is -1.95. The Balaban J connectivity index is 2.33. The summed E-state index contributed by atoms with van der Waals surface area (Å²) < 4.78 is 43.1. The van der Waals surface area contributed by atoms with Gasteiger partial charge in [0.15, 0.2) is 0 Å². The fourth-order valence-electron chi connectivity index (χ4n) is 1.79. The summed E-state index contributed by atoms with van der Waals surface area (Å²) in [5, 5.41) is 9.24. The van der Waals surface area contributed by atoms with E-state index in [1.807, 2.05) is 0 Å². The number of aromatic nitrogens is 1. The lowest BCUT2D eigenvalue weighted by Crippen LogP contribution is -2.06. The van der Waals surface area contributed by atoms with Gasteiger partial charge < -0.3 is 9.84 Å². The number of rotatable bonds is 4. The lowest BCUT2D eigenvalue weighted by Gasteiger charge is -2.13. The van der Waals surface area contributed by atoms with Crippen molar-refractivity contribution in [3.63, 3.8) is 0 Å². The van der Waals surface area contributed by atoms with Crippen molar-refractivity contribution in [1.82, 2.24) is 4.98 Å². The van der Waals surface area contributed by atoms with Crippen LogP contribution in [-0.2, 0) is 12.6 Å². The molecule has 3 nitrogen and oxygen atoms in total. The number of ether oxygens (including phenoxy) is 1. The van der Waals surface area contributed by atoms with Crippen molar-refractivity contribution >= 4 is 11.6 Å². The summed E-state index contributed by atoms with van der Waals surface area (Å²) in [5.41, 5.74) is -0.218. The maximum absolute atomic E-state index is 12.6. The first-order chi connectivity index (χ1) is 10.3. The van der Waals surface area contributed by atoms with E-state index in [0.29, 0.717) is 19.0 Å². The molecule has 1 aromatic heterocycles. The quantitative estimate of drug-likeness (QED) is 0.856. The van der Waals surface area contributed by atoms with E-state index in [1.165, 1.54) is 12.1 Å². The van der Waals surface area contributed by atoms with Gasteiger partial charge in [-0.25, -0.2) is 4.98 Å². The molecular formula is C15H12ClF3NO2. The number of hydrogen-bond acceptors (Lipinski definition) is 3. The molecule has 1 N–H and O–H groups in total. The standard InChI is InChI=1S/C15H12ClF3NO2/c1-2-3-9-4-5-11(21)7-13(9)22-14-12(16)6-10(8-20-14)15(17,18)19/h4-8,21H,1-3H2. The molecule has 0 aliphatic carbocycles. The van der Waals surface area contributed by atoms with Gasteiger partial charge in [0.2, 0.25) is 5.88 Å². The molecular weight excluding hydrogens is 319 g/mol. The minimum Gasteiger partial charge on any atom is -0.508 e. The summed E-state index contributed by atoms with van der Waals surface area (Å²) in [6, 6.07) is 5.22. The molecule has 0 aliphatic rings. The highest BCUT2D eigenvalue weighted by atomic mass is 35.5. The van der Waals surface area contributed by atoms with Crippen LogP contribution in [0.15, 0.2) is 30.5 Å². The number of benzene rings is 1. The van der Waals surface area contributed by atoms with Crippen LogP contribution in [0, 0.1) is 6.92 Å². The van der Waals surface area contributed by atoms with Crippen LogP contribution in [0.3, 0.4) is 0 Å². The maximum Gasteiger partial charge on any atom is 0.417 e. The van der Waals surface area contributed by atoms with Crippen LogP contribution < -0.4 is 4.74 Å². The van der Waals surface area contributed by atoms with Crippen LogP contribution in [0.1, 0.15) is 17.5 Å². The van der Waals surface area contributed by atoms with Crippen LogP contribution in [0.25, 0.3) is 0 Å². The molecule has 0 bridgehead atoms. The molecule has 0 atom stereocenters. The van der Waals surface area contributed by atoms with Gasteiger partial charge in [-0.3, -0.25) is 0 Å². The molecule has 0 saturated heterocycles. The molecule has 0 amide bonds. The van der Waals surface area contributed by atoms with Crippen molar-refractivity contribution in [2.75, 3.05) is 0 Å². The minimum absolute atomic E-state index is 0.0363. The van der Waals surface area contributed by atoms with Crippen molar-refractivity contribution in [1.29, 1.82) is 0 Å². The average Bonchev–Trinajstić information content (AvgIpc) is 2.43. The largest absolute Gasteiger partial charge is 0.508 e. The monoisotopic (exact) mass is 330 g/mol. The number of halogens is 4. The number of pyridine rings is 1. The number of nitrogens with zero attached hydrogens (tertiary/aromatic N) is 1. The molecule has 0 fully saturated rings. The van der Waals surface area contributed by atoms with Gasteiger partial charge in [0.1, 0.15) is 16.5 Å². The smallest absolute Gasteiger partial charge is 0.417 e. The average molecular weight is 331 g/mol. The van der Waals surface area contributed by atoms with E-state index in [-0.39, 0.29) is 22.4 Å². The van der Waals surface area contributed by atoms with Crippen molar-refractivity contribution in [3.05, 3.63) is 53.5 Å². The summed E-state index contributed by atoms with van der Waals surface area (Å²) >= 11 is 5.79. The van der Waals surface area contributed by atoms with E-state index in [9.17, 15) is 18.3 Å². The number of aromatic hydroxyl groups is 1. The number of phenolic OH excluding ortho intramolecular Hbond substituents is 1. The van der Waals surface area contributed by atoms with Crippen LogP contribution in [0.5, 0.6) is 17.4 Å². The zero-order valence-electron chi connectivity index (χ0n) is 11.3. The highest BCUT2D eigenvalue weighted by Crippen LogP contribution is 2.36. The summed E-state index contributed by atoms with van der Waals surface area (Å²) in [4.78, 5) is 3.60. The Morgan fingerprint density at radius 1 is 1.27 bits per heavy atom. The van der Waals surface area contributed by atoms with Crippen molar-refractivity contribution in [2.24, 2.45) is 0 Å². The second-order valence-electron chi connectivity index (χ2n) is 4.51. The third kappa shape index (κ3) is 3.82. The zero-order chi connectivity index (χ0) is 16.3. The number of alkyl halides is 3. The Bertz CT molecular complexity index is 674. The van der Waals surface area contributed by atoms with E-state index in [2.05, 4.69) is 11.9 Å². The molecule has 1 aromatic carbocycles. The first-order valence-electron chi connectivity index (χ1n) is 6.33. The second kappa shape index (κ2) is 6.44. The van der Waals surface area contributed by atoms with E-state index in [4.69, 9.17) is 16.3 Å². The van der Waals surface area contributed by atoms with Gasteiger partial charge in [-0.2, -0.15) is 13.2 Å². The van der Waals surface area contributed by atoms with Gasteiger partial charge in [-0.05, 0) is 30.5 Å². The first kappa shape index (κ1) is 16.4. The minimum atomic E-state index is -4.53. The Morgan fingerprint density at radius 3 is 2.59 bits per heavy atom. The Morgan fingerprint density at radius 2 is 2.00 bits per heavy atom. The highest BCUT2D eigenvalue weighted by Gasteiger charge is 2.31. The maximum atomic E-state index is 12.6. The third-order valence-corrected chi connectivity index (χ3v) is 3.11. The van der Waals surface area contributed by atoms with Crippen LogP contribution in [-0.4, -0.2) is 10.1 Å². The summed E-state index contributed by atoms with van der Waals surface area (Å²) in [6.07, 6.45) is -2.71. The Kier molecular flexibility index (Phi) is 4.81. The third-order valence-electron chi connectivity index (χ3n) is 2.84. The van der Waals surface area contributed by atoms with Gasteiger partial charge in [0.25, 0.3) is 0 Å². The van der Waals surface area contributed by atoms with Crippen LogP contribution >= 0.6 is 11.6 Å². The summed E-state index contributed by atoms with van der Waals surface area (Å²) in [6.45, 7) is 3.72. The summed E-state index contributed by atoms with van der Waals surface area (Å²) in [5.74, 6) is 0.0780. The van der Waals surface area contributed by atoms with Crippen LogP contribution in [0.4, 0.5) is 13.2 Å². The highest BCUT2D eigenvalue weighted by molar-refractivity contribution is 6.31. The molecule has 117 valence electrons. The number of phenols is 1. The second-order valence-corrected chi connectivity index (χ2v) is 4.91. The molecule has 22 heavy (non-hydrogen) atoms. The van der Waals surface area contributed by atoms with E-state index < -0.39 is 11.7 Å². The van der Waals surface area contributed by atoms with Gasteiger partial charge in [-0.1, -0.05) is 24.6 Å². The molecule has 0 saturated carbocycles. The molecule has 7 heteroatoms. The predicted octanol–water partition coefficient (Wildman–Crippen LogP) is 5.02. The van der Waals surface area contributed by atoms with E-state index in [0.717, 1.165) is 11.6 Å². The van der Waals surface area contributed by atoms with E-state index in [1.54, 1.807) is 6.07 Å². The normalized spacial score (nSPS) is 11.5. The number of hydrogen-bond donors (Lipinski definition) is 1. The van der Waals surface area contributed by atoms with Gasteiger partial charge >= 0.3 is 6.18 Å². The van der Waals surface area contributed by atoms with Gasteiger partial charge in [-0.15, -0.1) is 0 Å². The SMILES string of the molecule is [CH2]CCc1ccc(O)cc1Oc1ncc(C(F)(F)F)cc1Cl. The fraction of sp³-hybridized carbons (Fsp3) is 0.200. The predicted molar refractivity (Wildman–Crippen MR) is 76.1 cm³/mol. The van der Waals surface area contributed by atoms with Crippen LogP contribution in [0.2, 0.25) is 5.02 Å².